The summed E-state index contributed by atoms with van der Waals surface area (Å²) < 4.78 is 0. The Balaban J connectivity index is 1.69. The van der Waals surface area contributed by atoms with Crippen LogP contribution in [0.3, 0.4) is 0 Å². The van der Waals surface area contributed by atoms with Crippen LogP contribution >= 0.6 is 0 Å². The molecule has 0 aromatic rings. The van der Waals surface area contributed by atoms with E-state index >= 15 is 0 Å². The summed E-state index contributed by atoms with van der Waals surface area (Å²) in [4.78, 5) is 24.1. The first-order valence-electron chi connectivity index (χ1n) is 9.77. The standard InChI is InChI=1S/C21H30O3/c1-13(23)17-5-6-18-16-4-3-14-11-15(24)7-10-21(14,12-22)19(16)8-9-20(17,18)2/h11,16-19,22H,3-10,12H2,1-2H3/t16?,17?,18?,19?,20-,21?/m1/s1. The van der Waals surface area contributed by atoms with Gasteiger partial charge in [-0.05, 0) is 81.1 Å². The Labute approximate surface area is 144 Å². The second-order valence-electron chi connectivity index (χ2n) is 9.15. The molecule has 0 aliphatic heterocycles. The van der Waals surface area contributed by atoms with Crippen LogP contribution in [-0.2, 0) is 9.59 Å². The maximum absolute atomic E-state index is 12.2. The molecule has 3 fully saturated rings. The second kappa shape index (κ2) is 5.52. The number of Topliss-reactive ketones (excluding diaryl/α,β-unsaturated/α-hetero) is 1. The molecule has 132 valence electrons. The highest BCUT2D eigenvalue weighted by molar-refractivity contribution is 5.91. The first-order valence-corrected chi connectivity index (χ1v) is 9.77. The van der Waals surface area contributed by atoms with E-state index in [0.29, 0.717) is 30.0 Å². The maximum Gasteiger partial charge on any atom is 0.155 e. The van der Waals surface area contributed by atoms with Crippen molar-refractivity contribution in [2.45, 2.75) is 65.2 Å². The van der Waals surface area contributed by atoms with Gasteiger partial charge in [0.1, 0.15) is 5.78 Å². The van der Waals surface area contributed by atoms with Gasteiger partial charge in [0.05, 0.1) is 6.61 Å². The van der Waals surface area contributed by atoms with Crippen LogP contribution in [0.25, 0.3) is 0 Å². The third kappa shape index (κ3) is 2.06. The molecule has 6 atom stereocenters. The number of ketones is 2. The zero-order chi connectivity index (χ0) is 17.1. The van der Waals surface area contributed by atoms with Gasteiger partial charge in [-0.3, -0.25) is 9.59 Å². The van der Waals surface area contributed by atoms with Crippen LogP contribution in [0.5, 0.6) is 0 Å². The summed E-state index contributed by atoms with van der Waals surface area (Å²) in [7, 11) is 0. The minimum atomic E-state index is -0.146. The average Bonchev–Trinajstić information content (AvgIpc) is 2.91. The van der Waals surface area contributed by atoms with Gasteiger partial charge in [0.2, 0.25) is 0 Å². The van der Waals surface area contributed by atoms with Crippen molar-refractivity contribution in [3.63, 3.8) is 0 Å². The van der Waals surface area contributed by atoms with Crippen molar-refractivity contribution >= 4 is 11.6 Å². The van der Waals surface area contributed by atoms with Gasteiger partial charge in [0.15, 0.2) is 5.78 Å². The Morgan fingerprint density at radius 1 is 1.17 bits per heavy atom. The Bertz CT molecular complexity index is 606. The second-order valence-corrected chi connectivity index (χ2v) is 9.15. The number of carbonyl (C=O) groups is 2. The first kappa shape index (κ1) is 16.5. The Kier molecular flexibility index (Phi) is 3.80. The number of hydrogen-bond acceptors (Lipinski definition) is 3. The van der Waals surface area contributed by atoms with Crippen LogP contribution in [0.2, 0.25) is 0 Å². The maximum atomic E-state index is 12.2. The smallest absolute Gasteiger partial charge is 0.155 e. The minimum absolute atomic E-state index is 0.146. The molecule has 5 unspecified atom stereocenters. The van der Waals surface area contributed by atoms with Gasteiger partial charge in [-0.2, -0.15) is 0 Å². The molecular weight excluding hydrogens is 300 g/mol. The largest absolute Gasteiger partial charge is 0.395 e. The van der Waals surface area contributed by atoms with Gasteiger partial charge in [-0.25, -0.2) is 0 Å². The SMILES string of the molecule is CC(=O)C1CCC2C3CCC4=CC(=O)CCC4(CO)C3CC[C@]12C. The van der Waals surface area contributed by atoms with E-state index in [9.17, 15) is 14.7 Å². The van der Waals surface area contributed by atoms with E-state index in [1.807, 2.05) is 6.08 Å². The molecule has 0 aromatic heterocycles. The molecule has 0 heterocycles. The third-order valence-electron chi connectivity index (χ3n) is 8.46. The Morgan fingerprint density at radius 3 is 2.67 bits per heavy atom. The van der Waals surface area contributed by atoms with Crippen LogP contribution in [0, 0.1) is 34.5 Å². The zero-order valence-electron chi connectivity index (χ0n) is 15.0. The number of aliphatic hydroxyl groups is 1. The molecule has 0 spiro atoms. The van der Waals surface area contributed by atoms with E-state index in [1.54, 1.807) is 6.92 Å². The third-order valence-corrected chi connectivity index (χ3v) is 8.46. The van der Waals surface area contributed by atoms with Crippen LogP contribution in [0.4, 0.5) is 0 Å². The summed E-state index contributed by atoms with van der Waals surface area (Å²) >= 11 is 0. The van der Waals surface area contributed by atoms with Crippen molar-refractivity contribution in [3.05, 3.63) is 11.6 Å². The van der Waals surface area contributed by atoms with Gasteiger partial charge >= 0.3 is 0 Å². The molecule has 4 aliphatic carbocycles. The number of fused-ring (bicyclic) bond motifs is 5. The molecule has 0 radical (unpaired) electrons. The van der Waals surface area contributed by atoms with Crippen LogP contribution in [0.1, 0.15) is 65.2 Å². The fraction of sp³-hybridized carbons (Fsp3) is 0.810. The summed E-state index contributed by atoms with van der Waals surface area (Å²) in [6.07, 6.45) is 9.80. The van der Waals surface area contributed by atoms with Gasteiger partial charge in [-0.15, -0.1) is 0 Å². The predicted molar refractivity (Wildman–Crippen MR) is 92.3 cm³/mol. The topological polar surface area (TPSA) is 54.4 Å². The molecule has 3 heteroatoms. The van der Waals surface area contributed by atoms with Crippen molar-refractivity contribution in [2.24, 2.45) is 34.5 Å². The number of hydrogen-bond donors (Lipinski definition) is 1. The highest BCUT2D eigenvalue weighted by Crippen LogP contribution is 2.66. The van der Waals surface area contributed by atoms with E-state index in [1.165, 1.54) is 12.0 Å². The van der Waals surface area contributed by atoms with Gasteiger partial charge < -0.3 is 5.11 Å². The molecule has 0 bridgehead atoms. The number of aliphatic hydroxyl groups excluding tert-OH is 1. The molecule has 3 saturated carbocycles. The molecule has 0 amide bonds. The van der Waals surface area contributed by atoms with Crippen LogP contribution in [0.15, 0.2) is 11.6 Å². The lowest BCUT2D eigenvalue weighted by atomic mass is 9.46. The highest BCUT2D eigenvalue weighted by Gasteiger charge is 2.60. The fourth-order valence-corrected chi connectivity index (χ4v) is 7.33. The lowest BCUT2D eigenvalue weighted by Gasteiger charge is -2.58. The summed E-state index contributed by atoms with van der Waals surface area (Å²) in [6.45, 7) is 4.31. The van der Waals surface area contributed by atoms with Gasteiger partial charge in [0, 0.05) is 17.8 Å². The van der Waals surface area contributed by atoms with Gasteiger partial charge in [0.25, 0.3) is 0 Å². The molecule has 24 heavy (non-hydrogen) atoms. The van der Waals surface area contributed by atoms with Crippen molar-refractivity contribution in [1.29, 1.82) is 0 Å². The van der Waals surface area contributed by atoms with Crippen molar-refractivity contribution in [1.82, 2.24) is 0 Å². The lowest BCUT2D eigenvalue weighted by Crippen LogP contribution is -2.53. The first-order chi connectivity index (χ1) is 11.4. The molecular formula is C21H30O3. The molecule has 4 aliphatic rings. The summed E-state index contributed by atoms with van der Waals surface area (Å²) in [5.74, 6) is 2.58. The van der Waals surface area contributed by atoms with Crippen LogP contribution in [-0.4, -0.2) is 23.3 Å². The van der Waals surface area contributed by atoms with Crippen molar-refractivity contribution < 1.29 is 14.7 Å². The van der Waals surface area contributed by atoms with Crippen LogP contribution < -0.4 is 0 Å². The lowest BCUT2D eigenvalue weighted by molar-refractivity contribution is -0.130. The number of rotatable bonds is 2. The predicted octanol–water partition coefficient (Wildman–Crippen LogP) is 3.70. The molecule has 1 N–H and O–H groups in total. The molecule has 0 aromatic carbocycles. The summed E-state index contributed by atoms with van der Waals surface area (Å²) in [6, 6.07) is 0. The number of carbonyl (C=O) groups excluding carboxylic acids is 2. The van der Waals surface area contributed by atoms with E-state index in [-0.39, 0.29) is 29.1 Å². The molecule has 0 saturated heterocycles. The van der Waals surface area contributed by atoms with Gasteiger partial charge in [-0.1, -0.05) is 12.5 Å². The minimum Gasteiger partial charge on any atom is -0.395 e. The van der Waals surface area contributed by atoms with E-state index in [2.05, 4.69) is 6.92 Å². The highest BCUT2D eigenvalue weighted by atomic mass is 16.3. The quantitative estimate of drug-likeness (QED) is 0.840. The summed E-state index contributed by atoms with van der Waals surface area (Å²) in [5.41, 5.74) is 1.24. The molecule has 3 nitrogen and oxygen atoms in total. The normalized spacial score (nSPS) is 47.5. The Hall–Kier alpha value is -0.960. The average molecular weight is 330 g/mol. The Morgan fingerprint density at radius 2 is 1.96 bits per heavy atom. The monoisotopic (exact) mass is 330 g/mol. The van der Waals surface area contributed by atoms with Crippen molar-refractivity contribution in [3.8, 4) is 0 Å². The van der Waals surface area contributed by atoms with E-state index in [0.717, 1.165) is 38.5 Å². The van der Waals surface area contributed by atoms with Crippen molar-refractivity contribution in [2.75, 3.05) is 6.61 Å². The van der Waals surface area contributed by atoms with E-state index in [4.69, 9.17) is 0 Å². The fourth-order valence-electron chi connectivity index (χ4n) is 7.33. The molecule has 4 rings (SSSR count). The van der Waals surface area contributed by atoms with E-state index < -0.39 is 0 Å². The summed E-state index contributed by atoms with van der Waals surface area (Å²) in [5, 5.41) is 10.3. The zero-order valence-corrected chi connectivity index (χ0v) is 15.0.